The highest BCUT2D eigenvalue weighted by Gasteiger charge is 2.11. The standard InChI is InChI=1S/C12H11ClN2O2S/c13-11-4-1-3-10(7-11)9-18(16,17)15-12-5-2-6-14-8-12/h1-8,15H,9H2. The predicted molar refractivity (Wildman–Crippen MR) is 71.9 cm³/mol. The molecular formula is C12H11ClN2O2S. The third-order valence-electron chi connectivity index (χ3n) is 2.18. The predicted octanol–water partition coefficient (Wildman–Crippen LogP) is 2.68. The van der Waals surface area contributed by atoms with E-state index in [2.05, 4.69) is 9.71 Å². The number of hydrogen-bond acceptors (Lipinski definition) is 3. The molecule has 6 heteroatoms. The van der Waals surface area contributed by atoms with Gasteiger partial charge < -0.3 is 0 Å². The largest absolute Gasteiger partial charge is 0.282 e. The van der Waals surface area contributed by atoms with Crippen molar-refractivity contribution in [3.05, 3.63) is 59.4 Å². The molecule has 0 saturated carbocycles. The summed E-state index contributed by atoms with van der Waals surface area (Å²) < 4.78 is 26.3. The van der Waals surface area contributed by atoms with E-state index in [1.54, 1.807) is 42.6 Å². The van der Waals surface area contributed by atoms with Crippen LogP contribution < -0.4 is 4.72 Å². The molecule has 1 aromatic carbocycles. The number of halogens is 1. The topological polar surface area (TPSA) is 59.1 Å². The van der Waals surface area contributed by atoms with Crippen LogP contribution in [0, 0.1) is 0 Å². The van der Waals surface area contributed by atoms with E-state index in [1.807, 2.05) is 0 Å². The van der Waals surface area contributed by atoms with Gasteiger partial charge in [-0.15, -0.1) is 0 Å². The zero-order valence-electron chi connectivity index (χ0n) is 9.38. The normalized spacial score (nSPS) is 11.2. The number of benzene rings is 1. The zero-order chi connectivity index (χ0) is 13.0. The Labute approximate surface area is 111 Å². The third kappa shape index (κ3) is 3.72. The highest BCUT2D eigenvalue weighted by Crippen LogP contribution is 2.15. The van der Waals surface area contributed by atoms with Crippen LogP contribution in [0.25, 0.3) is 0 Å². The van der Waals surface area contributed by atoms with E-state index in [-0.39, 0.29) is 5.75 Å². The second-order valence-electron chi connectivity index (χ2n) is 3.73. The van der Waals surface area contributed by atoms with Gasteiger partial charge in [-0.1, -0.05) is 23.7 Å². The molecule has 0 atom stereocenters. The highest BCUT2D eigenvalue weighted by molar-refractivity contribution is 7.91. The molecule has 94 valence electrons. The monoisotopic (exact) mass is 282 g/mol. The quantitative estimate of drug-likeness (QED) is 0.938. The molecule has 0 spiro atoms. The van der Waals surface area contributed by atoms with Crippen LogP contribution in [-0.2, 0) is 15.8 Å². The molecule has 0 aliphatic rings. The number of anilines is 1. The number of pyridine rings is 1. The fraction of sp³-hybridized carbons (Fsp3) is 0.0833. The van der Waals surface area contributed by atoms with Crippen molar-refractivity contribution in [1.29, 1.82) is 0 Å². The van der Waals surface area contributed by atoms with Gasteiger partial charge in [0, 0.05) is 11.2 Å². The number of sulfonamides is 1. The van der Waals surface area contributed by atoms with Crippen LogP contribution in [-0.4, -0.2) is 13.4 Å². The summed E-state index contributed by atoms with van der Waals surface area (Å²) in [6.07, 6.45) is 3.03. The molecule has 4 nitrogen and oxygen atoms in total. The molecule has 0 unspecified atom stereocenters. The smallest absolute Gasteiger partial charge is 0.236 e. The van der Waals surface area contributed by atoms with Gasteiger partial charge in [0.05, 0.1) is 17.6 Å². The van der Waals surface area contributed by atoms with Crippen molar-refractivity contribution in [2.75, 3.05) is 4.72 Å². The van der Waals surface area contributed by atoms with E-state index in [0.29, 0.717) is 16.3 Å². The van der Waals surface area contributed by atoms with Gasteiger partial charge in [-0.2, -0.15) is 0 Å². The Morgan fingerprint density at radius 3 is 2.72 bits per heavy atom. The first-order valence-electron chi connectivity index (χ1n) is 5.20. The van der Waals surface area contributed by atoms with Crippen LogP contribution in [0.2, 0.25) is 5.02 Å². The second kappa shape index (κ2) is 5.37. The number of nitrogens with zero attached hydrogens (tertiary/aromatic N) is 1. The van der Waals surface area contributed by atoms with E-state index in [1.165, 1.54) is 6.20 Å². The molecule has 2 aromatic rings. The molecule has 0 aliphatic carbocycles. The molecule has 0 amide bonds. The van der Waals surface area contributed by atoms with Gasteiger partial charge in [-0.05, 0) is 29.8 Å². The Hall–Kier alpha value is -1.59. The number of aromatic nitrogens is 1. The van der Waals surface area contributed by atoms with Crippen LogP contribution in [0.1, 0.15) is 5.56 Å². The Morgan fingerprint density at radius 1 is 1.22 bits per heavy atom. The maximum Gasteiger partial charge on any atom is 0.236 e. The summed E-state index contributed by atoms with van der Waals surface area (Å²) >= 11 is 5.81. The summed E-state index contributed by atoms with van der Waals surface area (Å²) in [6.45, 7) is 0. The lowest BCUT2D eigenvalue weighted by molar-refractivity contribution is 0.600. The first kappa shape index (κ1) is 12.9. The first-order chi connectivity index (χ1) is 8.55. The lowest BCUT2D eigenvalue weighted by Gasteiger charge is -2.07. The Bertz CT molecular complexity index is 630. The van der Waals surface area contributed by atoms with Crippen molar-refractivity contribution in [2.24, 2.45) is 0 Å². The van der Waals surface area contributed by atoms with E-state index in [9.17, 15) is 8.42 Å². The van der Waals surface area contributed by atoms with Gasteiger partial charge in [-0.25, -0.2) is 8.42 Å². The van der Waals surface area contributed by atoms with E-state index in [0.717, 1.165) is 0 Å². The van der Waals surface area contributed by atoms with Crippen LogP contribution in [0.5, 0.6) is 0 Å². The molecule has 1 N–H and O–H groups in total. The molecule has 2 rings (SSSR count). The minimum absolute atomic E-state index is 0.123. The number of hydrogen-bond donors (Lipinski definition) is 1. The summed E-state index contributed by atoms with van der Waals surface area (Å²) in [6, 6.07) is 10.1. The van der Waals surface area contributed by atoms with Crippen molar-refractivity contribution < 1.29 is 8.42 Å². The number of nitrogens with one attached hydrogen (secondary N) is 1. The molecule has 0 radical (unpaired) electrons. The molecule has 18 heavy (non-hydrogen) atoms. The van der Waals surface area contributed by atoms with E-state index >= 15 is 0 Å². The molecule has 0 bridgehead atoms. The van der Waals surface area contributed by atoms with Crippen molar-refractivity contribution in [3.63, 3.8) is 0 Å². The van der Waals surface area contributed by atoms with Crippen molar-refractivity contribution >= 4 is 27.3 Å². The molecule has 0 saturated heterocycles. The molecule has 0 fully saturated rings. The number of rotatable bonds is 4. The van der Waals surface area contributed by atoms with Gasteiger partial charge in [0.2, 0.25) is 10.0 Å². The SMILES string of the molecule is O=S(=O)(Cc1cccc(Cl)c1)Nc1cccnc1. The van der Waals surface area contributed by atoms with Gasteiger partial charge in [-0.3, -0.25) is 9.71 Å². The first-order valence-corrected chi connectivity index (χ1v) is 7.23. The second-order valence-corrected chi connectivity index (χ2v) is 5.89. The van der Waals surface area contributed by atoms with Gasteiger partial charge in [0.1, 0.15) is 0 Å². The zero-order valence-corrected chi connectivity index (χ0v) is 10.9. The molecular weight excluding hydrogens is 272 g/mol. The summed E-state index contributed by atoms with van der Waals surface area (Å²) in [5, 5.41) is 0.518. The lowest BCUT2D eigenvalue weighted by Crippen LogP contribution is -2.15. The Kier molecular flexibility index (Phi) is 3.84. The van der Waals surface area contributed by atoms with Crippen LogP contribution >= 0.6 is 11.6 Å². The van der Waals surface area contributed by atoms with Crippen LogP contribution in [0.15, 0.2) is 48.8 Å². The van der Waals surface area contributed by atoms with E-state index in [4.69, 9.17) is 11.6 Å². The average molecular weight is 283 g/mol. The Morgan fingerprint density at radius 2 is 2.06 bits per heavy atom. The summed E-state index contributed by atoms with van der Waals surface area (Å²) in [7, 11) is -3.45. The summed E-state index contributed by atoms with van der Waals surface area (Å²) in [4.78, 5) is 3.84. The van der Waals surface area contributed by atoms with E-state index < -0.39 is 10.0 Å². The highest BCUT2D eigenvalue weighted by atomic mass is 35.5. The van der Waals surface area contributed by atoms with Crippen molar-refractivity contribution in [1.82, 2.24) is 4.98 Å². The van der Waals surface area contributed by atoms with Gasteiger partial charge in [0.25, 0.3) is 0 Å². The lowest BCUT2D eigenvalue weighted by atomic mass is 10.2. The van der Waals surface area contributed by atoms with Crippen LogP contribution in [0.4, 0.5) is 5.69 Å². The minimum Gasteiger partial charge on any atom is -0.282 e. The maximum absolute atomic E-state index is 11.9. The molecule has 1 heterocycles. The van der Waals surface area contributed by atoms with Crippen LogP contribution in [0.3, 0.4) is 0 Å². The minimum atomic E-state index is -3.45. The Balaban J connectivity index is 2.13. The van der Waals surface area contributed by atoms with Gasteiger partial charge in [0.15, 0.2) is 0 Å². The summed E-state index contributed by atoms with van der Waals surface area (Å²) in [5.41, 5.74) is 1.08. The van der Waals surface area contributed by atoms with Crippen molar-refractivity contribution in [2.45, 2.75) is 5.75 Å². The fourth-order valence-corrected chi connectivity index (χ4v) is 2.87. The fourth-order valence-electron chi connectivity index (χ4n) is 1.48. The molecule has 1 aromatic heterocycles. The third-order valence-corrected chi connectivity index (χ3v) is 3.68. The molecule has 0 aliphatic heterocycles. The average Bonchev–Trinajstić information content (AvgIpc) is 2.28. The van der Waals surface area contributed by atoms with Gasteiger partial charge >= 0.3 is 0 Å². The maximum atomic E-state index is 11.9. The van der Waals surface area contributed by atoms with Crippen molar-refractivity contribution in [3.8, 4) is 0 Å². The summed E-state index contributed by atoms with van der Waals surface area (Å²) in [5.74, 6) is -0.123.